The van der Waals surface area contributed by atoms with Crippen LogP contribution in [0.1, 0.15) is 17.3 Å². The lowest BCUT2D eigenvalue weighted by molar-refractivity contribution is -0.117. The highest BCUT2D eigenvalue weighted by atomic mass is 16.5. The number of amides is 2. The molecule has 6 nitrogen and oxygen atoms in total. The van der Waals surface area contributed by atoms with E-state index in [0.29, 0.717) is 11.4 Å². The Morgan fingerprint density at radius 3 is 2.53 bits per heavy atom. The van der Waals surface area contributed by atoms with E-state index in [-0.39, 0.29) is 11.5 Å². The topological polar surface area (TPSA) is 107 Å². The second kappa shape index (κ2) is 5.31. The summed E-state index contributed by atoms with van der Waals surface area (Å²) in [7, 11) is 1.46. The van der Waals surface area contributed by atoms with Gasteiger partial charge in [0, 0.05) is 5.56 Å². The largest absolute Gasteiger partial charge is 0.495 e. The molecule has 1 aromatic rings. The van der Waals surface area contributed by atoms with Crippen LogP contribution < -0.4 is 21.5 Å². The Labute approximate surface area is 98.9 Å². The van der Waals surface area contributed by atoms with Crippen LogP contribution in [0.4, 0.5) is 5.69 Å². The molecule has 0 heterocycles. The number of hydrogen-bond acceptors (Lipinski definition) is 4. The number of nitrogens with two attached hydrogens (primary N) is 2. The molecule has 0 unspecified atom stereocenters. The molecule has 5 N–H and O–H groups in total. The quantitative estimate of drug-likeness (QED) is 0.689. The molecule has 0 saturated carbocycles. The average Bonchev–Trinajstić information content (AvgIpc) is 2.28. The van der Waals surface area contributed by atoms with Gasteiger partial charge in [-0.05, 0) is 25.1 Å². The van der Waals surface area contributed by atoms with Crippen LogP contribution in [0.25, 0.3) is 0 Å². The van der Waals surface area contributed by atoms with E-state index < -0.39 is 11.9 Å². The molecular weight excluding hydrogens is 222 g/mol. The molecule has 0 fully saturated rings. The van der Waals surface area contributed by atoms with Crippen molar-refractivity contribution in [3.8, 4) is 5.75 Å². The molecule has 0 aliphatic heterocycles. The second-order valence-corrected chi connectivity index (χ2v) is 3.56. The number of nitrogens with one attached hydrogen (secondary N) is 1. The second-order valence-electron chi connectivity index (χ2n) is 3.56. The van der Waals surface area contributed by atoms with Crippen molar-refractivity contribution < 1.29 is 14.3 Å². The van der Waals surface area contributed by atoms with Crippen molar-refractivity contribution in [3.05, 3.63) is 23.8 Å². The van der Waals surface area contributed by atoms with Crippen LogP contribution in [0.5, 0.6) is 5.75 Å². The fraction of sp³-hybridized carbons (Fsp3) is 0.273. The fourth-order valence-corrected chi connectivity index (χ4v) is 1.21. The van der Waals surface area contributed by atoms with Gasteiger partial charge in [-0.3, -0.25) is 9.59 Å². The molecular formula is C11H15N3O3. The Hall–Kier alpha value is -2.08. The van der Waals surface area contributed by atoms with Gasteiger partial charge in [0.2, 0.25) is 11.8 Å². The summed E-state index contributed by atoms with van der Waals surface area (Å²) >= 11 is 0. The normalized spacial score (nSPS) is 11.7. The molecule has 0 aliphatic carbocycles. The molecule has 0 aromatic heterocycles. The molecule has 0 radical (unpaired) electrons. The van der Waals surface area contributed by atoms with Gasteiger partial charge in [-0.2, -0.15) is 0 Å². The van der Waals surface area contributed by atoms with E-state index in [1.54, 1.807) is 13.0 Å². The lowest BCUT2D eigenvalue weighted by atomic mass is 10.1. The maximum atomic E-state index is 11.5. The van der Waals surface area contributed by atoms with Gasteiger partial charge >= 0.3 is 0 Å². The summed E-state index contributed by atoms with van der Waals surface area (Å²) in [4.78, 5) is 22.5. The van der Waals surface area contributed by atoms with Crippen molar-refractivity contribution >= 4 is 17.5 Å². The Bertz CT molecular complexity index is 444. The van der Waals surface area contributed by atoms with Gasteiger partial charge in [-0.1, -0.05) is 0 Å². The zero-order valence-corrected chi connectivity index (χ0v) is 9.69. The summed E-state index contributed by atoms with van der Waals surface area (Å²) in [6, 6.07) is 3.86. The van der Waals surface area contributed by atoms with Crippen LogP contribution >= 0.6 is 0 Å². The number of primary amides is 1. The Balaban J connectivity index is 3.06. The summed E-state index contributed by atoms with van der Waals surface area (Å²) in [5.41, 5.74) is 11.2. The third-order valence-electron chi connectivity index (χ3n) is 2.16. The van der Waals surface area contributed by atoms with E-state index in [0.717, 1.165) is 0 Å². The van der Waals surface area contributed by atoms with Gasteiger partial charge in [-0.15, -0.1) is 0 Å². The highest BCUT2D eigenvalue weighted by molar-refractivity contribution is 5.99. The van der Waals surface area contributed by atoms with Crippen LogP contribution in [0.15, 0.2) is 18.2 Å². The molecule has 0 bridgehead atoms. The number of anilines is 1. The molecule has 0 spiro atoms. The number of rotatable bonds is 4. The van der Waals surface area contributed by atoms with Gasteiger partial charge in [0.25, 0.3) is 0 Å². The zero-order chi connectivity index (χ0) is 13.0. The monoisotopic (exact) mass is 237 g/mol. The van der Waals surface area contributed by atoms with Crippen molar-refractivity contribution in [3.63, 3.8) is 0 Å². The number of hydrogen-bond donors (Lipinski definition) is 3. The van der Waals surface area contributed by atoms with Gasteiger partial charge in [0.1, 0.15) is 5.75 Å². The Morgan fingerprint density at radius 2 is 2.06 bits per heavy atom. The van der Waals surface area contributed by atoms with E-state index in [2.05, 4.69) is 5.32 Å². The van der Waals surface area contributed by atoms with Gasteiger partial charge < -0.3 is 21.5 Å². The third-order valence-corrected chi connectivity index (χ3v) is 2.16. The lowest BCUT2D eigenvalue weighted by Gasteiger charge is -2.12. The van der Waals surface area contributed by atoms with E-state index in [9.17, 15) is 9.59 Å². The summed E-state index contributed by atoms with van der Waals surface area (Å²) < 4.78 is 5.05. The SMILES string of the molecule is COc1ccc(C(N)=O)cc1NC(=O)[C@H](C)N. The van der Waals surface area contributed by atoms with Crippen LogP contribution in [0, 0.1) is 0 Å². The van der Waals surface area contributed by atoms with Crippen molar-refractivity contribution in [2.75, 3.05) is 12.4 Å². The summed E-state index contributed by atoms with van der Waals surface area (Å²) in [5.74, 6) is -0.516. The molecule has 2 amide bonds. The van der Waals surface area contributed by atoms with Crippen molar-refractivity contribution in [1.82, 2.24) is 0 Å². The number of carbonyl (C=O) groups excluding carboxylic acids is 2. The number of carbonyl (C=O) groups is 2. The van der Waals surface area contributed by atoms with E-state index >= 15 is 0 Å². The number of benzene rings is 1. The Morgan fingerprint density at radius 1 is 1.41 bits per heavy atom. The number of methoxy groups -OCH3 is 1. The molecule has 1 rings (SSSR count). The van der Waals surface area contributed by atoms with Crippen LogP contribution in [-0.4, -0.2) is 25.0 Å². The standard InChI is InChI=1S/C11H15N3O3/c1-6(12)11(16)14-8-5-7(10(13)15)3-4-9(8)17-2/h3-6H,12H2,1-2H3,(H2,13,15)(H,14,16)/t6-/m0/s1. The van der Waals surface area contributed by atoms with Gasteiger partial charge in [-0.25, -0.2) is 0 Å². The molecule has 1 atom stereocenters. The third kappa shape index (κ3) is 3.18. The maximum absolute atomic E-state index is 11.5. The molecule has 0 saturated heterocycles. The maximum Gasteiger partial charge on any atom is 0.248 e. The first-order valence-electron chi connectivity index (χ1n) is 5.00. The highest BCUT2D eigenvalue weighted by Crippen LogP contribution is 2.25. The Kier molecular flexibility index (Phi) is 4.06. The molecule has 6 heteroatoms. The minimum Gasteiger partial charge on any atom is -0.495 e. The van der Waals surface area contributed by atoms with Crippen LogP contribution in [-0.2, 0) is 4.79 Å². The van der Waals surface area contributed by atoms with Crippen molar-refractivity contribution in [2.24, 2.45) is 11.5 Å². The van der Waals surface area contributed by atoms with Crippen LogP contribution in [0.2, 0.25) is 0 Å². The summed E-state index contributed by atoms with van der Waals surface area (Å²) in [6.45, 7) is 1.56. The van der Waals surface area contributed by atoms with Crippen molar-refractivity contribution in [2.45, 2.75) is 13.0 Å². The number of ether oxygens (including phenoxy) is 1. The van der Waals surface area contributed by atoms with E-state index in [1.165, 1.54) is 19.2 Å². The molecule has 92 valence electrons. The molecule has 17 heavy (non-hydrogen) atoms. The first-order chi connectivity index (χ1) is 7.95. The summed E-state index contributed by atoms with van der Waals surface area (Å²) in [6.07, 6.45) is 0. The van der Waals surface area contributed by atoms with Gasteiger partial charge in [0.05, 0.1) is 18.8 Å². The summed E-state index contributed by atoms with van der Waals surface area (Å²) in [5, 5.41) is 2.56. The predicted molar refractivity (Wildman–Crippen MR) is 63.8 cm³/mol. The first-order valence-corrected chi connectivity index (χ1v) is 5.00. The lowest BCUT2D eigenvalue weighted by Crippen LogP contribution is -2.32. The minimum absolute atomic E-state index is 0.283. The fourth-order valence-electron chi connectivity index (χ4n) is 1.21. The molecule has 0 aliphatic rings. The first kappa shape index (κ1) is 13.0. The van der Waals surface area contributed by atoms with Crippen molar-refractivity contribution in [1.29, 1.82) is 0 Å². The highest BCUT2D eigenvalue weighted by Gasteiger charge is 2.12. The van der Waals surface area contributed by atoms with Crippen LogP contribution in [0.3, 0.4) is 0 Å². The average molecular weight is 237 g/mol. The van der Waals surface area contributed by atoms with E-state index in [4.69, 9.17) is 16.2 Å². The smallest absolute Gasteiger partial charge is 0.248 e. The predicted octanol–water partition coefficient (Wildman–Crippen LogP) is 0.0798. The molecule has 1 aromatic carbocycles. The van der Waals surface area contributed by atoms with Gasteiger partial charge in [0.15, 0.2) is 0 Å². The van der Waals surface area contributed by atoms with E-state index in [1.807, 2.05) is 0 Å². The minimum atomic E-state index is -0.656. The zero-order valence-electron chi connectivity index (χ0n) is 9.69.